The lowest BCUT2D eigenvalue weighted by molar-refractivity contribution is -0.153. The van der Waals surface area contributed by atoms with Crippen LogP contribution in [0.25, 0.3) is 6.08 Å². The van der Waals surface area contributed by atoms with Gasteiger partial charge in [0.25, 0.3) is 0 Å². The highest BCUT2D eigenvalue weighted by atomic mass is 35.5. The number of hydrogen-bond donors (Lipinski definition) is 0. The molecule has 1 aromatic carbocycles. The average Bonchev–Trinajstić information content (AvgIpc) is 2.37. The maximum Gasteiger partial charge on any atom is 0.346 e. The lowest BCUT2D eigenvalue weighted by Crippen LogP contribution is -2.27. The summed E-state index contributed by atoms with van der Waals surface area (Å²) in [6, 6.07) is 3.90. The fourth-order valence-electron chi connectivity index (χ4n) is 1.41. The lowest BCUT2D eigenvalue weighted by atomic mass is 10.1. The number of ether oxygens (including phenoxy) is 2. The van der Waals surface area contributed by atoms with Gasteiger partial charge in [-0.1, -0.05) is 17.7 Å². The molecule has 0 aliphatic heterocycles. The summed E-state index contributed by atoms with van der Waals surface area (Å²) in [7, 11) is 1.14. The highest BCUT2D eigenvalue weighted by molar-refractivity contribution is 6.30. The largest absolute Gasteiger partial charge is 0.465 e. The van der Waals surface area contributed by atoms with Crippen molar-refractivity contribution >= 4 is 29.6 Å². The van der Waals surface area contributed by atoms with Crippen LogP contribution in [0.1, 0.15) is 26.3 Å². The van der Waals surface area contributed by atoms with Gasteiger partial charge in [-0.05, 0) is 44.5 Å². The highest BCUT2D eigenvalue weighted by Crippen LogP contribution is 2.19. The fourth-order valence-corrected chi connectivity index (χ4v) is 1.53. The summed E-state index contributed by atoms with van der Waals surface area (Å²) >= 11 is 5.58. The second-order valence-corrected chi connectivity index (χ2v) is 5.63. The molecule has 0 radical (unpaired) electrons. The van der Waals surface area contributed by atoms with E-state index in [-0.39, 0.29) is 10.6 Å². The van der Waals surface area contributed by atoms with E-state index in [2.05, 4.69) is 4.74 Å². The zero-order valence-electron chi connectivity index (χ0n) is 12.2. The van der Waals surface area contributed by atoms with E-state index in [1.54, 1.807) is 20.8 Å². The van der Waals surface area contributed by atoms with Crippen molar-refractivity contribution in [2.45, 2.75) is 26.4 Å². The topological polar surface area (TPSA) is 52.6 Å². The summed E-state index contributed by atoms with van der Waals surface area (Å²) in [6.07, 6.45) is 1.19. The summed E-state index contributed by atoms with van der Waals surface area (Å²) in [4.78, 5) is 23.7. The van der Waals surface area contributed by atoms with Crippen molar-refractivity contribution in [3.8, 4) is 0 Å². The first-order valence-corrected chi connectivity index (χ1v) is 6.50. The van der Waals surface area contributed by atoms with Gasteiger partial charge in [-0.15, -0.1) is 0 Å². The number of rotatable bonds is 3. The van der Waals surface area contributed by atoms with Crippen LogP contribution in [0.3, 0.4) is 0 Å². The molecule has 0 aliphatic rings. The third-order valence-electron chi connectivity index (χ3n) is 2.28. The van der Waals surface area contributed by atoms with Gasteiger partial charge in [0.2, 0.25) is 0 Å². The molecule has 0 heterocycles. The second kappa shape index (κ2) is 6.72. The van der Waals surface area contributed by atoms with Crippen LogP contribution in [0.2, 0.25) is 5.02 Å². The Morgan fingerprint density at radius 1 is 1.24 bits per heavy atom. The smallest absolute Gasteiger partial charge is 0.346 e. The zero-order chi connectivity index (χ0) is 16.2. The van der Waals surface area contributed by atoms with Gasteiger partial charge in [0.05, 0.1) is 12.1 Å². The van der Waals surface area contributed by atoms with Crippen molar-refractivity contribution in [3.05, 3.63) is 40.2 Å². The van der Waals surface area contributed by atoms with Crippen LogP contribution in [0.5, 0.6) is 0 Å². The van der Waals surface area contributed by atoms with Crippen LogP contribution in [-0.2, 0) is 19.1 Å². The molecular formula is C15H16ClFO4. The van der Waals surface area contributed by atoms with Crippen molar-refractivity contribution < 1.29 is 23.5 Å². The summed E-state index contributed by atoms with van der Waals surface area (Å²) in [5, 5.41) is -0.0518. The molecule has 6 heteroatoms. The van der Waals surface area contributed by atoms with Gasteiger partial charge < -0.3 is 9.47 Å². The first-order valence-electron chi connectivity index (χ1n) is 6.12. The number of carbonyl (C=O) groups excluding carboxylic acids is 2. The minimum absolute atomic E-state index is 0.0518. The zero-order valence-corrected chi connectivity index (χ0v) is 13.0. The molecule has 114 valence electrons. The predicted octanol–water partition coefficient (Wildman–Crippen LogP) is 3.38. The predicted molar refractivity (Wildman–Crippen MR) is 77.2 cm³/mol. The van der Waals surface area contributed by atoms with Gasteiger partial charge in [0.15, 0.2) is 0 Å². The normalized spacial score (nSPS) is 12.0. The lowest BCUT2D eigenvalue weighted by Gasteiger charge is -2.19. The van der Waals surface area contributed by atoms with Gasteiger partial charge >= 0.3 is 11.9 Å². The number of methoxy groups -OCH3 is 1. The van der Waals surface area contributed by atoms with E-state index in [1.807, 2.05) is 0 Å². The van der Waals surface area contributed by atoms with E-state index in [1.165, 1.54) is 18.2 Å². The molecule has 21 heavy (non-hydrogen) atoms. The minimum atomic E-state index is -0.861. The van der Waals surface area contributed by atoms with Crippen LogP contribution in [-0.4, -0.2) is 24.6 Å². The summed E-state index contributed by atoms with van der Waals surface area (Å²) < 4.78 is 23.1. The van der Waals surface area contributed by atoms with Crippen LogP contribution in [0, 0.1) is 5.82 Å². The van der Waals surface area contributed by atoms with Crippen molar-refractivity contribution in [3.63, 3.8) is 0 Å². The van der Waals surface area contributed by atoms with Crippen molar-refractivity contribution in [2.75, 3.05) is 7.11 Å². The molecule has 0 aliphatic carbocycles. The van der Waals surface area contributed by atoms with E-state index in [9.17, 15) is 14.0 Å². The molecule has 1 aromatic rings. The van der Waals surface area contributed by atoms with Crippen molar-refractivity contribution in [1.29, 1.82) is 0 Å². The van der Waals surface area contributed by atoms with E-state index >= 15 is 0 Å². The molecule has 0 amide bonds. The number of carbonyl (C=O) groups is 2. The molecule has 0 saturated heterocycles. The third kappa shape index (κ3) is 5.19. The Kier molecular flexibility index (Phi) is 5.49. The Morgan fingerprint density at radius 2 is 1.86 bits per heavy atom. The number of esters is 2. The number of benzene rings is 1. The first kappa shape index (κ1) is 17.2. The summed E-state index contributed by atoms with van der Waals surface area (Å²) in [5.74, 6) is -2.36. The Hall–Kier alpha value is -1.88. The monoisotopic (exact) mass is 314 g/mol. The van der Waals surface area contributed by atoms with Gasteiger partial charge in [-0.2, -0.15) is 0 Å². The van der Waals surface area contributed by atoms with Crippen molar-refractivity contribution in [1.82, 2.24) is 0 Å². The SMILES string of the molecule is COC(=O)C(=Cc1ccc(Cl)c(F)c1)C(=O)OC(C)(C)C. The van der Waals surface area contributed by atoms with Crippen molar-refractivity contribution in [2.24, 2.45) is 0 Å². The maximum atomic E-state index is 13.4. The molecule has 0 bridgehead atoms. The maximum absolute atomic E-state index is 13.4. The second-order valence-electron chi connectivity index (χ2n) is 5.23. The highest BCUT2D eigenvalue weighted by Gasteiger charge is 2.25. The molecular weight excluding hydrogens is 299 g/mol. The Balaban J connectivity index is 3.18. The van der Waals surface area contributed by atoms with Crippen LogP contribution < -0.4 is 0 Å². The summed E-state index contributed by atoms with van der Waals surface area (Å²) in [6.45, 7) is 5.01. The van der Waals surface area contributed by atoms with Gasteiger partial charge in [0, 0.05) is 0 Å². The van der Waals surface area contributed by atoms with Gasteiger partial charge in [-0.3, -0.25) is 0 Å². The molecule has 0 saturated carbocycles. The molecule has 1 rings (SSSR count). The van der Waals surface area contributed by atoms with Crippen LogP contribution in [0.15, 0.2) is 23.8 Å². The quantitative estimate of drug-likeness (QED) is 0.371. The molecule has 0 atom stereocenters. The van der Waals surface area contributed by atoms with Crippen LogP contribution >= 0.6 is 11.6 Å². The summed E-state index contributed by atoms with van der Waals surface area (Å²) in [5.41, 5.74) is -0.799. The number of hydrogen-bond acceptors (Lipinski definition) is 4. The van der Waals surface area contributed by atoms with E-state index in [4.69, 9.17) is 16.3 Å². The average molecular weight is 315 g/mol. The molecule has 0 unspecified atom stereocenters. The fraction of sp³-hybridized carbons (Fsp3) is 0.333. The van der Waals surface area contributed by atoms with E-state index < -0.39 is 23.4 Å². The molecule has 0 spiro atoms. The Labute approximate surface area is 127 Å². The van der Waals surface area contributed by atoms with Gasteiger partial charge in [0.1, 0.15) is 17.0 Å². The molecule has 0 aromatic heterocycles. The molecule has 0 fully saturated rings. The first-order chi connectivity index (χ1) is 9.64. The van der Waals surface area contributed by atoms with E-state index in [0.717, 1.165) is 13.2 Å². The van der Waals surface area contributed by atoms with Gasteiger partial charge in [-0.25, -0.2) is 14.0 Å². The Morgan fingerprint density at radius 3 is 2.33 bits per heavy atom. The third-order valence-corrected chi connectivity index (χ3v) is 2.59. The minimum Gasteiger partial charge on any atom is -0.465 e. The standard InChI is InChI=1S/C15H16ClFO4/c1-15(2,3)21-14(19)10(13(18)20-4)7-9-5-6-11(16)12(17)8-9/h5-8H,1-4H3. The van der Waals surface area contributed by atoms with Crippen LogP contribution in [0.4, 0.5) is 4.39 Å². The Bertz CT molecular complexity index is 588. The number of halogens is 2. The van der Waals surface area contributed by atoms with E-state index in [0.29, 0.717) is 5.56 Å². The molecule has 0 N–H and O–H groups in total. The molecule has 4 nitrogen and oxygen atoms in total.